The molecule has 0 fully saturated rings. The quantitative estimate of drug-likeness (QED) is 0.844. The predicted molar refractivity (Wildman–Crippen MR) is 77.3 cm³/mol. The van der Waals surface area contributed by atoms with Gasteiger partial charge in [-0.25, -0.2) is 0 Å². The molecular weight excluding hydrogens is 275 g/mol. The molecule has 0 saturated heterocycles. The minimum atomic E-state index is -0.264. The van der Waals surface area contributed by atoms with Crippen molar-refractivity contribution in [2.45, 2.75) is 12.6 Å². The molecule has 2 nitrogen and oxygen atoms in total. The smallest absolute Gasteiger partial charge is 0.112 e. The first kappa shape index (κ1) is 12.7. The highest BCUT2D eigenvalue weighted by molar-refractivity contribution is 7.80. The number of thiocarbonyl (C=S) groups is 1. The molecule has 2 rings (SSSR count). The van der Waals surface area contributed by atoms with Gasteiger partial charge in [-0.3, -0.25) is 4.99 Å². The third-order valence-corrected chi connectivity index (χ3v) is 3.62. The molecule has 1 unspecified atom stereocenters. The van der Waals surface area contributed by atoms with Gasteiger partial charge in [0.1, 0.15) is 6.04 Å². The SMILES string of the molecule is NCc1c(Cl)ccc(Cl)c1C1N=CC=CC1=S. The van der Waals surface area contributed by atoms with Crippen LogP contribution < -0.4 is 5.73 Å². The molecule has 5 heteroatoms. The van der Waals surface area contributed by atoms with Gasteiger partial charge in [-0.1, -0.05) is 35.4 Å². The van der Waals surface area contributed by atoms with Crippen LogP contribution in [0, 0.1) is 0 Å². The molecule has 0 aromatic heterocycles. The van der Waals surface area contributed by atoms with Gasteiger partial charge < -0.3 is 5.73 Å². The van der Waals surface area contributed by atoms with Crippen LogP contribution in [0.1, 0.15) is 17.2 Å². The minimum Gasteiger partial charge on any atom is -0.326 e. The number of nitrogens with zero attached hydrogens (tertiary/aromatic N) is 1. The van der Waals surface area contributed by atoms with Crippen molar-refractivity contribution in [2.24, 2.45) is 10.7 Å². The van der Waals surface area contributed by atoms with Crippen LogP contribution in [0.3, 0.4) is 0 Å². The summed E-state index contributed by atoms with van der Waals surface area (Å²) in [7, 11) is 0. The van der Waals surface area contributed by atoms with E-state index >= 15 is 0 Å². The summed E-state index contributed by atoms with van der Waals surface area (Å²) in [5.74, 6) is 0. The lowest BCUT2D eigenvalue weighted by molar-refractivity contribution is 0.931. The fraction of sp³-hybridized carbons (Fsp3) is 0.167. The van der Waals surface area contributed by atoms with Gasteiger partial charge in [-0.05, 0) is 29.8 Å². The summed E-state index contributed by atoms with van der Waals surface area (Å²) in [6.07, 6.45) is 5.35. The molecule has 0 bridgehead atoms. The Morgan fingerprint density at radius 3 is 2.65 bits per heavy atom. The summed E-state index contributed by atoms with van der Waals surface area (Å²) >= 11 is 17.6. The molecular formula is C12H10Cl2N2S. The van der Waals surface area contributed by atoms with Gasteiger partial charge in [0.05, 0.1) is 0 Å². The van der Waals surface area contributed by atoms with Crippen molar-refractivity contribution in [1.29, 1.82) is 0 Å². The van der Waals surface area contributed by atoms with E-state index < -0.39 is 0 Å². The highest BCUT2D eigenvalue weighted by Crippen LogP contribution is 2.35. The van der Waals surface area contributed by atoms with Gasteiger partial charge in [0.2, 0.25) is 0 Å². The average molecular weight is 285 g/mol. The number of allylic oxidation sites excluding steroid dienone is 1. The molecule has 17 heavy (non-hydrogen) atoms. The Kier molecular flexibility index (Phi) is 3.94. The van der Waals surface area contributed by atoms with Crippen LogP contribution in [0.15, 0.2) is 29.3 Å². The van der Waals surface area contributed by atoms with E-state index in [1.807, 2.05) is 6.08 Å². The van der Waals surface area contributed by atoms with Crippen molar-refractivity contribution in [1.82, 2.24) is 0 Å². The number of rotatable bonds is 2. The number of nitrogens with two attached hydrogens (primary N) is 1. The molecule has 1 aromatic carbocycles. The zero-order valence-corrected chi connectivity index (χ0v) is 11.2. The number of halogens is 2. The molecule has 0 saturated carbocycles. The van der Waals surface area contributed by atoms with E-state index in [4.69, 9.17) is 41.2 Å². The molecule has 2 N–H and O–H groups in total. The summed E-state index contributed by atoms with van der Waals surface area (Å²) in [6.45, 7) is 0.313. The van der Waals surface area contributed by atoms with Crippen molar-refractivity contribution in [2.75, 3.05) is 0 Å². The van der Waals surface area contributed by atoms with Crippen LogP contribution in [0.4, 0.5) is 0 Å². The predicted octanol–water partition coefficient (Wildman–Crippen LogP) is 3.50. The first-order chi connectivity index (χ1) is 8.15. The molecule has 1 aliphatic heterocycles. The summed E-state index contributed by atoms with van der Waals surface area (Å²) in [5, 5.41) is 1.19. The van der Waals surface area contributed by atoms with E-state index in [9.17, 15) is 0 Å². The number of aliphatic imine (C=N–C) groups is 1. The van der Waals surface area contributed by atoms with Crippen LogP contribution >= 0.6 is 35.4 Å². The monoisotopic (exact) mass is 284 g/mol. The van der Waals surface area contributed by atoms with Crippen molar-refractivity contribution in [3.8, 4) is 0 Å². The highest BCUT2D eigenvalue weighted by atomic mass is 35.5. The molecule has 0 spiro atoms. The zero-order valence-electron chi connectivity index (χ0n) is 8.86. The van der Waals surface area contributed by atoms with E-state index in [2.05, 4.69) is 4.99 Å². The van der Waals surface area contributed by atoms with E-state index in [0.29, 0.717) is 21.5 Å². The zero-order chi connectivity index (χ0) is 12.4. The van der Waals surface area contributed by atoms with E-state index in [-0.39, 0.29) is 6.04 Å². The van der Waals surface area contributed by atoms with E-state index in [1.165, 1.54) is 0 Å². The minimum absolute atomic E-state index is 0.264. The second-order valence-electron chi connectivity index (χ2n) is 3.59. The first-order valence-corrected chi connectivity index (χ1v) is 6.22. The van der Waals surface area contributed by atoms with Crippen molar-refractivity contribution < 1.29 is 0 Å². The molecule has 1 aromatic rings. The maximum atomic E-state index is 6.21. The Hall–Kier alpha value is -0.740. The summed E-state index contributed by atoms with van der Waals surface area (Å²) in [6, 6.07) is 3.22. The van der Waals surface area contributed by atoms with Crippen LogP contribution in [0.25, 0.3) is 0 Å². The third kappa shape index (κ3) is 2.43. The lowest BCUT2D eigenvalue weighted by Gasteiger charge is -2.19. The Morgan fingerprint density at radius 2 is 2.00 bits per heavy atom. The fourth-order valence-corrected chi connectivity index (χ4v) is 2.55. The summed E-state index contributed by atoms with van der Waals surface area (Å²) in [5.41, 5.74) is 7.33. The Bertz CT molecular complexity index is 523. The van der Waals surface area contributed by atoms with Crippen LogP contribution in [0.2, 0.25) is 10.0 Å². The van der Waals surface area contributed by atoms with Gasteiger partial charge >= 0.3 is 0 Å². The van der Waals surface area contributed by atoms with Crippen molar-refractivity contribution >= 4 is 46.5 Å². The summed E-state index contributed by atoms with van der Waals surface area (Å²) in [4.78, 5) is 5.05. The van der Waals surface area contributed by atoms with Crippen molar-refractivity contribution in [3.63, 3.8) is 0 Å². The summed E-state index contributed by atoms with van der Waals surface area (Å²) < 4.78 is 0. The van der Waals surface area contributed by atoms with Crippen LogP contribution in [-0.2, 0) is 6.54 Å². The molecule has 0 radical (unpaired) electrons. The van der Waals surface area contributed by atoms with E-state index in [1.54, 1.807) is 24.4 Å². The number of dihydropyridines is 1. The van der Waals surface area contributed by atoms with Crippen LogP contribution in [0.5, 0.6) is 0 Å². The van der Waals surface area contributed by atoms with Gasteiger partial charge in [0, 0.05) is 33.2 Å². The van der Waals surface area contributed by atoms with Crippen LogP contribution in [-0.4, -0.2) is 11.1 Å². The molecule has 1 heterocycles. The fourth-order valence-electron chi connectivity index (χ4n) is 1.77. The first-order valence-electron chi connectivity index (χ1n) is 5.05. The molecule has 0 aliphatic carbocycles. The Balaban J connectivity index is 2.58. The highest BCUT2D eigenvalue weighted by Gasteiger charge is 2.22. The Labute approximate surface area is 115 Å². The number of benzene rings is 1. The second-order valence-corrected chi connectivity index (χ2v) is 4.87. The Morgan fingerprint density at radius 1 is 1.29 bits per heavy atom. The molecule has 0 amide bonds. The standard InChI is InChI=1S/C12H10Cl2N2S/c13-8-3-4-9(14)11(7(8)6-15)12-10(17)2-1-5-16-12/h1-5,12H,6,15H2. The lowest BCUT2D eigenvalue weighted by atomic mass is 9.96. The second kappa shape index (κ2) is 5.27. The third-order valence-electron chi connectivity index (χ3n) is 2.58. The van der Waals surface area contributed by atoms with Crippen molar-refractivity contribution in [3.05, 3.63) is 45.5 Å². The lowest BCUT2D eigenvalue weighted by Crippen LogP contribution is -2.14. The van der Waals surface area contributed by atoms with E-state index in [0.717, 1.165) is 11.1 Å². The number of hydrogen-bond donors (Lipinski definition) is 1. The molecule has 1 atom stereocenters. The maximum absolute atomic E-state index is 6.21. The van der Waals surface area contributed by atoms with Gasteiger partial charge in [-0.2, -0.15) is 0 Å². The topological polar surface area (TPSA) is 38.4 Å². The maximum Gasteiger partial charge on any atom is 0.112 e. The number of hydrogen-bond acceptors (Lipinski definition) is 3. The molecule has 88 valence electrons. The van der Waals surface area contributed by atoms with Gasteiger partial charge in [-0.15, -0.1) is 0 Å². The van der Waals surface area contributed by atoms with Gasteiger partial charge in [0.15, 0.2) is 0 Å². The molecule has 1 aliphatic rings. The largest absolute Gasteiger partial charge is 0.326 e. The normalized spacial score (nSPS) is 18.8. The average Bonchev–Trinajstić information content (AvgIpc) is 2.33. The van der Waals surface area contributed by atoms with Gasteiger partial charge in [0.25, 0.3) is 0 Å².